The Kier molecular flexibility index (Phi) is 6.31. The van der Waals surface area contributed by atoms with Gasteiger partial charge in [0, 0.05) is 0 Å². The predicted octanol–water partition coefficient (Wildman–Crippen LogP) is 3.95. The van der Waals surface area contributed by atoms with Crippen molar-refractivity contribution in [3.05, 3.63) is 0 Å². The number of nitrogens with one attached hydrogen (secondary N) is 1. The number of rotatable bonds is 4. The Hall–Kier alpha value is -1.26. The number of carbonyl (C=O) groups excluding carboxylic acids is 2. The maximum absolute atomic E-state index is 12.6. The summed E-state index contributed by atoms with van der Waals surface area (Å²) in [6.07, 6.45) is 8.93. The van der Waals surface area contributed by atoms with Gasteiger partial charge in [0.1, 0.15) is 17.7 Å². The minimum absolute atomic E-state index is 0.0222. The first-order chi connectivity index (χ1) is 10.8. The third kappa shape index (κ3) is 6.04. The number of hydrogen-bond donors (Lipinski definition) is 1. The summed E-state index contributed by atoms with van der Waals surface area (Å²) < 4.78 is 11.0. The maximum Gasteiger partial charge on any atom is 0.408 e. The zero-order chi connectivity index (χ0) is 16.9. The molecule has 2 rings (SSSR count). The highest BCUT2D eigenvalue weighted by molar-refractivity contribution is 5.82. The molecule has 0 saturated heterocycles. The molecule has 132 valence electrons. The van der Waals surface area contributed by atoms with Crippen molar-refractivity contribution in [2.45, 2.75) is 96.3 Å². The van der Waals surface area contributed by atoms with Crippen molar-refractivity contribution in [1.82, 2.24) is 5.32 Å². The lowest BCUT2D eigenvalue weighted by atomic mass is 9.84. The fraction of sp³-hybridized carbons (Fsp3) is 0.889. The van der Waals surface area contributed by atoms with Crippen LogP contribution in [0.15, 0.2) is 0 Å². The highest BCUT2D eigenvalue weighted by Crippen LogP contribution is 2.29. The van der Waals surface area contributed by atoms with E-state index in [-0.39, 0.29) is 18.0 Å². The van der Waals surface area contributed by atoms with Crippen LogP contribution in [-0.4, -0.2) is 29.8 Å². The van der Waals surface area contributed by atoms with Crippen molar-refractivity contribution in [2.75, 3.05) is 0 Å². The summed E-state index contributed by atoms with van der Waals surface area (Å²) in [7, 11) is 0. The van der Waals surface area contributed by atoms with Gasteiger partial charge in [-0.3, -0.25) is 0 Å². The Morgan fingerprint density at radius 2 is 1.52 bits per heavy atom. The summed E-state index contributed by atoms with van der Waals surface area (Å²) in [5.74, 6) is -0.125. The second kappa shape index (κ2) is 8.02. The van der Waals surface area contributed by atoms with Gasteiger partial charge < -0.3 is 14.8 Å². The summed E-state index contributed by atoms with van der Waals surface area (Å²) in [6.45, 7) is 5.46. The molecule has 2 fully saturated rings. The van der Waals surface area contributed by atoms with Crippen LogP contribution < -0.4 is 5.32 Å². The number of hydrogen-bond acceptors (Lipinski definition) is 4. The van der Waals surface area contributed by atoms with Gasteiger partial charge in [-0.1, -0.05) is 19.3 Å². The Bertz CT molecular complexity index is 404. The van der Waals surface area contributed by atoms with Crippen LogP contribution in [-0.2, 0) is 14.3 Å². The van der Waals surface area contributed by atoms with E-state index in [1.165, 1.54) is 6.42 Å². The molecule has 1 unspecified atom stereocenters. The smallest absolute Gasteiger partial charge is 0.408 e. The van der Waals surface area contributed by atoms with E-state index in [1.54, 1.807) is 0 Å². The van der Waals surface area contributed by atoms with E-state index >= 15 is 0 Å². The number of amides is 1. The topological polar surface area (TPSA) is 64.6 Å². The fourth-order valence-electron chi connectivity index (χ4n) is 3.52. The van der Waals surface area contributed by atoms with E-state index in [2.05, 4.69) is 5.32 Å². The summed E-state index contributed by atoms with van der Waals surface area (Å²) in [5.41, 5.74) is -0.573. The minimum Gasteiger partial charge on any atom is -0.461 e. The van der Waals surface area contributed by atoms with Crippen LogP contribution in [0, 0.1) is 5.92 Å². The van der Waals surface area contributed by atoms with Crippen molar-refractivity contribution in [2.24, 2.45) is 5.92 Å². The molecule has 1 N–H and O–H groups in total. The highest BCUT2D eigenvalue weighted by atomic mass is 16.6. The van der Waals surface area contributed by atoms with Crippen LogP contribution in [0.2, 0.25) is 0 Å². The van der Waals surface area contributed by atoms with Crippen LogP contribution in [0.5, 0.6) is 0 Å². The molecule has 23 heavy (non-hydrogen) atoms. The molecule has 0 aromatic carbocycles. The van der Waals surface area contributed by atoms with E-state index in [1.807, 2.05) is 20.8 Å². The van der Waals surface area contributed by atoms with Gasteiger partial charge in [0.2, 0.25) is 0 Å². The maximum atomic E-state index is 12.6. The van der Waals surface area contributed by atoms with Crippen molar-refractivity contribution >= 4 is 12.1 Å². The molecule has 0 aromatic heterocycles. The Morgan fingerprint density at radius 1 is 0.957 bits per heavy atom. The molecule has 1 amide bonds. The van der Waals surface area contributed by atoms with Gasteiger partial charge in [-0.25, -0.2) is 9.59 Å². The van der Waals surface area contributed by atoms with Crippen LogP contribution in [0.1, 0.15) is 78.6 Å². The molecule has 0 aliphatic heterocycles. The number of carbonyl (C=O) groups is 2. The minimum atomic E-state index is -0.578. The first-order valence-electron chi connectivity index (χ1n) is 9.05. The summed E-state index contributed by atoms with van der Waals surface area (Å²) in [5, 5.41) is 2.78. The largest absolute Gasteiger partial charge is 0.461 e. The van der Waals surface area contributed by atoms with Crippen molar-refractivity contribution in [1.29, 1.82) is 0 Å². The summed E-state index contributed by atoms with van der Waals surface area (Å²) in [6, 6.07) is -0.578. The van der Waals surface area contributed by atoms with Gasteiger partial charge in [-0.15, -0.1) is 0 Å². The second-order valence-electron chi connectivity index (χ2n) is 7.87. The first kappa shape index (κ1) is 18.1. The van der Waals surface area contributed by atoms with Gasteiger partial charge in [-0.2, -0.15) is 0 Å². The molecule has 5 nitrogen and oxygen atoms in total. The van der Waals surface area contributed by atoms with Crippen molar-refractivity contribution in [3.8, 4) is 0 Å². The molecule has 2 aliphatic carbocycles. The number of ether oxygens (including phenoxy) is 2. The fourth-order valence-corrected chi connectivity index (χ4v) is 3.52. The molecule has 2 saturated carbocycles. The quantitative estimate of drug-likeness (QED) is 0.795. The Balaban J connectivity index is 1.98. The molecule has 0 aromatic rings. The standard InChI is InChI=1S/C18H31NO4/c1-18(2,3)23-17(21)19-15(13-9-5-4-6-10-13)16(20)22-14-11-7-8-12-14/h13-15H,4-12H2,1-3H3,(H,19,21). The van der Waals surface area contributed by atoms with Crippen LogP contribution in [0.25, 0.3) is 0 Å². The van der Waals surface area contributed by atoms with Crippen LogP contribution in [0.3, 0.4) is 0 Å². The average Bonchev–Trinajstić information content (AvgIpc) is 2.96. The van der Waals surface area contributed by atoms with E-state index in [9.17, 15) is 9.59 Å². The van der Waals surface area contributed by atoms with Crippen LogP contribution >= 0.6 is 0 Å². The Labute approximate surface area is 139 Å². The van der Waals surface area contributed by atoms with E-state index < -0.39 is 17.7 Å². The van der Waals surface area contributed by atoms with Crippen LogP contribution in [0.4, 0.5) is 4.79 Å². The van der Waals surface area contributed by atoms with Gasteiger partial charge in [0.05, 0.1) is 0 Å². The summed E-state index contributed by atoms with van der Waals surface area (Å²) in [4.78, 5) is 24.7. The lowest BCUT2D eigenvalue weighted by Gasteiger charge is -2.31. The number of esters is 1. The van der Waals surface area contributed by atoms with Gasteiger partial charge in [0.25, 0.3) is 0 Å². The molecule has 0 spiro atoms. The molecule has 0 bridgehead atoms. The van der Waals surface area contributed by atoms with Crippen molar-refractivity contribution in [3.63, 3.8) is 0 Å². The molecular formula is C18H31NO4. The SMILES string of the molecule is CC(C)(C)OC(=O)NC(C(=O)OC1CCCC1)C1CCCCC1. The normalized spacial score (nSPS) is 21.7. The molecule has 0 heterocycles. The first-order valence-corrected chi connectivity index (χ1v) is 9.05. The Morgan fingerprint density at radius 3 is 2.09 bits per heavy atom. The van der Waals surface area contributed by atoms with E-state index in [0.717, 1.165) is 51.4 Å². The third-order valence-electron chi connectivity index (χ3n) is 4.63. The molecule has 5 heteroatoms. The highest BCUT2D eigenvalue weighted by Gasteiger charge is 2.35. The molecule has 2 aliphatic rings. The van der Waals surface area contributed by atoms with E-state index in [0.29, 0.717) is 0 Å². The molecule has 0 radical (unpaired) electrons. The van der Waals surface area contributed by atoms with Gasteiger partial charge in [-0.05, 0) is 65.2 Å². The average molecular weight is 325 g/mol. The monoisotopic (exact) mass is 325 g/mol. The summed E-state index contributed by atoms with van der Waals surface area (Å²) >= 11 is 0. The predicted molar refractivity (Wildman–Crippen MR) is 88.1 cm³/mol. The molecule has 1 atom stereocenters. The zero-order valence-corrected chi connectivity index (χ0v) is 14.7. The number of alkyl carbamates (subject to hydrolysis) is 1. The van der Waals surface area contributed by atoms with Crippen molar-refractivity contribution < 1.29 is 19.1 Å². The zero-order valence-electron chi connectivity index (χ0n) is 14.7. The molecular weight excluding hydrogens is 294 g/mol. The van der Waals surface area contributed by atoms with E-state index in [4.69, 9.17) is 9.47 Å². The lowest BCUT2D eigenvalue weighted by molar-refractivity contribution is -0.153. The second-order valence-corrected chi connectivity index (χ2v) is 7.87. The van der Waals surface area contributed by atoms with Gasteiger partial charge in [0.15, 0.2) is 0 Å². The third-order valence-corrected chi connectivity index (χ3v) is 4.63. The lowest BCUT2D eigenvalue weighted by Crippen LogP contribution is -2.49. The van der Waals surface area contributed by atoms with Gasteiger partial charge >= 0.3 is 12.1 Å².